The Kier molecular flexibility index (Phi) is 3.76. The van der Waals surface area contributed by atoms with Gasteiger partial charge in [0.25, 0.3) is 0 Å². The molecule has 0 aliphatic carbocycles. The summed E-state index contributed by atoms with van der Waals surface area (Å²) in [5.41, 5.74) is 0. The maximum absolute atomic E-state index is 8.79. The fraction of sp³-hybridized carbons (Fsp3) is 0. The van der Waals surface area contributed by atoms with Crippen LogP contribution in [0.4, 0.5) is 0 Å². The van der Waals surface area contributed by atoms with E-state index < -0.39 is 0 Å². The molecular weight excluding hydrogens is 198 g/mol. The van der Waals surface area contributed by atoms with E-state index in [4.69, 9.17) is 16.7 Å². The van der Waals surface area contributed by atoms with Gasteiger partial charge in [0.05, 0.1) is 5.02 Å². The number of rotatable bonds is 0. The van der Waals surface area contributed by atoms with Crippen molar-refractivity contribution in [2.45, 2.75) is 0 Å². The molecule has 1 unspecified atom stereocenters. The molecule has 3 heteroatoms. The van der Waals surface area contributed by atoms with Crippen molar-refractivity contribution in [1.29, 1.82) is 0 Å². The van der Waals surface area contributed by atoms with Gasteiger partial charge in [0.2, 0.25) is 0 Å². The Hall–Kier alpha value is -0.132. The summed E-state index contributed by atoms with van der Waals surface area (Å²) in [5.74, 6) is 0.133. The minimum atomic E-state index is 0. The van der Waals surface area contributed by atoms with E-state index in [9.17, 15) is 0 Å². The first-order valence-corrected chi connectivity index (χ1v) is 2.62. The second kappa shape index (κ2) is 3.81. The molecule has 0 aliphatic rings. The third-order valence-corrected chi connectivity index (χ3v) is 1.17. The van der Waals surface area contributed by atoms with E-state index in [0.29, 0.717) is 5.02 Å². The molecule has 0 heterocycles. The normalized spacial score (nSPS) is 8.11. The first-order chi connectivity index (χ1) is 3.80. The van der Waals surface area contributed by atoms with Gasteiger partial charge in [0.15, 0.2) is 0 Å². The maximum atomic E-state index is 8.79. The van der Waals surface area contributed by atoms with Crippen molar-refractivity contribution < 1.29 is 5.11 Å². The van der Waals surface area contributed by atoms with E-state index >= 15 is 0 Å². The van der Waals surface area contributed by atoms with Gasteiger partial charge >= 0.3 is 18.0 Å². The van der Waals surface area contributed by atoms with Crippen molar-refractivity contribution >= 4 is 29.6 Å². The van der Waals surface area contributed by atoms with Gasteiger partial charge in [0.1, 0.15) is 5.75 Å². The van der Waals surface area contributed by atoms with Gasteiger partial charge in [0, 0.05) is 0 Å². The van der Waals surface area contributed by atoms with Crippen molar-refractivity contribution in [2.75, 3.05) is 0 Å². The molecule has 1 aromatic rings. The Bertz CT molecular complexity index is 169. The topological polar surface area (TPSA) is 20.2 Å². The van der Waals surface area contributed by atoms with Crippen molar-refractivity contribution in [2.24, 2.45) is 0 Å². The molecule has 50 valence electrons. The van der Waals surface area contributed by atoms with Crippen LogP contribution in [0, 0.1) is 0 Å². The quantitative estimate of drug-likeness (QED) is 0.625. The number of halogens is 1. The van der Waals surface area contributed by atoms with Gasteiger partial charge in [-0.05, 0) is 12.1 Å². The standard InChI is InChI=1S/C6H5ClO.AsH3/c7-5-3-1-2-4-6(5)8;/h1-4,8H;1H3. The first-order valence-electron chi connectivity index (χ1n) is 2.24. The average Bonchev–Trinajstić information content (AvgIpc) is 1.77. The van der Waals surface area contributed by atoms with Gasteiger partial charge in [-0.3, -0.25) is 0 Å². The van der Waals surface area contributed by atoms with Gasteiger partial charge in [-0.25, -0.2) is 0 Å². The van der Waals surface area contributed by atoms with Crippen molar-refractivity contribution in [1.82, 2.24) is 0 Å². The molecule has 1 N–H and O–H groups in total. The van der Waals surface area contributed by atoms with Gasteiger partial charge in [-0.2, -0.15) is 0 Å². The molecule has 0 bridgehead atoms. The third kappa shape index (κ3) is 2.29. The molecular formula is C6H8AsClO. The van der Waals surface area contributed by atoms with E-state index in [2.05, 4.69) is 0 Å². The summed E-state index contributed by atoms with van der Waals surface area (Å²) in [5, 5.41) is 9.18. The summed E-state index contributed by atoms with van der Waals surface area (Å²) < 4.78 is 0. The molecule has 1 rings (SSSR count). The molecule has 0 aromatic heterocycles. The molecule has 0 fully saturated rings. The molecule has 0 spiro atoms. The number of phenolic OH excluding ortho intramolecular Hbond substituents is 1. The number of benzene rings is 1. The van der Waals surface area contributed by atoms with Crippen LogP contribution in [0.5, 0.6) is 5.75 Å². The fourth-order valence-electron chi connectivity index (χ4n) is 0.452. The Labute approximate surface area is 70.0 Å². The Morgan fingerprint density at radius 1 is 1.22 bits per heavy atom. The molecule has 0 saturated heterocycles. The number of hydrogen-bond donors (Lipinski definition) is 1. The van der Waals surface area contributed by atoms with E-state index in [1.54, 1.807) is 24.3 Å². The van der Waals surface area contributed by atoms with Gasteiger partial charge < -0.3 is 5.11 Å². The summed E-state index contributed by atoms with van der Waals surface area (Å²) in [6.45, 7) is 0. The Morgan fingerprint density at radius 3 is 2.11 bits per heavy atom. The predicted molar refractivity (Wildman–Crippen MR) is 43.1 cm³/mol. The SMILES string of the molecule is Oc1ccccc1Cl.[AsH3]. The minimum absolute atomic E-state index is 0. The summed E-state index contributed by atoms with van der Waals surface area (Å²) in [6, 6.07) is 6.67. The summed E-state index contributed by atoms with van der Waals surface area (Å²) in [4.78, 5) is 0. The zero-order valence-electron chi connectivity index (χ0n) is 4.84. The third-order valence-electron chi connectivity index (χ3n) is 0.852. The van der Waals surface area contributed by atoms with E-state index in [1.807, 2.05) is 0 Å². The second-order valence-corrected chi connectivity index (χ2v) is 1.86. The van der Waals surface area contributed by atoms with E-state index in [-0.39, 0.29) is 23.7 Å². The molecule has 1 nitrogen and oxygen atoms in total. The van der Waals surface area contributed by atoms with Gasteiger partial charge in [-0.15, -0.1) is 0 Å². The first kappa shape index (κ1) is 8.87. The molecule has 0 amide bonds. The van der Waals surface area contributed by atoms with Crippen molar-refractivity contribution in [3.05, 3.63) is 29.3 Å². The Morgan fingerprint density at radius 2 is 1.78 bits per heavy atom. The van der Waals surface area contributed by atoms with Crippen LogP contribution in [-0.4, -0.2) is 23.1 Å². The van der Waals surface area contributed by atoms with Gasteiger partial charge in [-0.1, -0.05) is 23.7 Å². The van der Waals surface area contributed by atoms with E-state index in [1.165, 1.54) is 0 Å². The van der Waals surface area contributed by atoms with Crippen LogP contribution in [0.1, 0.15) is 0 Å². The molecule has 0 saturated carbocycles. The molecule has 0 aliphatic heterocycles. The molecule has 9 heavy (non-hydrogen) atoms. The predicted octanol–water partition coefficient (Wildman–Crippen LogP) is 0.862. The zero-order chi connectivity index (χ0) is 5.98. The number of para-hydroxylation sites is 1. The van der Waals surface area contributed by atoms with Crippen molar-refractivity contribution in [3.8, 4) is 5.75 Å². The van der Waals surface area contributed by atoms with Crippen LogP contribution in [0.3, 0.4) is 0 Å². The van der Waals surface area contributed by atoms with Crippen LogP contribution in [-0.2, 0) is 0 Å². The molecule has 0 radical (unpaired) electrons. The number of phenols is 1. The number of aromatic hydroxyl groups is 1. The second-order valence-electron chi connectivity index (χ2n) is 1.45. The number of hydrogen-bond acceptors (Lipinski definition) is 1. The van der Waals surface area contributed by atoms with Crippen LogP contribution >= 0.6 is 11.6 Å². The van der Waals surface area contributed by atoms with Crippen LogP contribution in [0.25, 0.3) is 0 Å². The summed E-state index contributed by atoms with van der Waals surface area (Å²) in [7, 11) is 0. The van der Waals surface area contributed by atoms with Crippen LogP contribution < -0.4 is 0 Å². The zero-order valence-corrected chi connectivity index (χ0v) is 8.56. The summed E-state index contributed by atoms with van der Waals surface area (Å²) >= 11 is 5.46. The van der Waals surface area contributed by atoms with Crippen LogP contribution in [0.15, 0.2) is 24.3 Å². The van der Waals surface area contributed by atoms with E-state index in [0.717, 1.165) is 0 Å². The van der Waals surface area contributed by atoms with Crippen LogP contribution in [0.2, 0.25) is 5.02 Å². The summed E-state index contributed by atoms with van der Waals surface area (Å²) in [6.07, 6.45) is 0. The molecule has 1 aromatic carbocycles. The Balaban J connectivity index is 0.000000640. The van der Waals surface area contributed by atoms with Crippen molar-refractivity contribution in [3.63, 3.8) is 0 Å². The average molecular weight is 207 g/mol. The fourth-order valence-corrected chi connectivity index (χ4v) is 0.587. The monoisotopic (exact) mass is 206 g/mol. The molecule has 1 atom stereocenters.